The number of alkyl halides is 3. The summed E-state index contributed by atoms with van der Waals surface area (Å²) >= 11 is 0. The number of nitrogens with two attached hydrogens (primary N) is 1. The lowest BCUT2D eigenvalue weighted by Crippen LogP contribution is -2.49. The lowest BCUT2D eigenvalue weighted by atomic mass is 10.3. The molecule has 0 atom stereocenters. The number of amides is 2. The van der Waals surface area contributed by atoms with Gasteiger partial charge in [-0.2, -0.15) is 13.2 Å². The molecule has 0 aromatic carbocycles. The van der Waals surface area contributed by atoms with E-state index in [1.54, 1.807) is 19.2 Å². The van der Waals surface area contributed by atoms with E-state index in [0.29, 0.717) is 0 Å². The number of carbonyl (C=O) groups is 1. The number of halogens is 3. The number of oxime groups is 1. The zero-order chi connectivity index (χ0) is 13.6. The summed E-state index contributed by atoms with van der Waals surface area (Å²) in [7, 11) is 0. The number of nitrogens with zero attached hydrogens (tertiary/aromatic N) is 2. The highest BCUT2D eigenvalue weighted by molar-refractivity contribution is 5.86. The van der Waals surface area contributed by atoms with Gasteiger partial charge >= 0.3 is 12.2 Å². The van der Waals surface area contributed by atoms with Crippen LogP contribution < -0.4 is 11.1 Å². The van der Waals surface area contributed by atoms with Gasteiger partial charge < -0.3 is 21.2 Å². The second-order valence-electron chi connectivity index (χ2n) is 3.59. The molecular formula is C8H15F3N4O2. The number of hydrogen-bond acceptors (Lipinski definition) is 3. The lowest BCUT2D eigenvalue weighted by molar-refractivity contribution is -0.123. The van der Waals surface area contributed by atoms with Crippen molar-refractivity contribution in [3.05, 3.63) is 0 Å². The van der Waals surface area contributed by atoms with E-state index in [0.717, 1.165) is 4.90 Å². The van der Waals surface area contributed by atoms with Gasteiger partial charge in [-0.3, -0.25) is 0 Å². The maximum absolute atomic E-state index is 11.9. The standard InChI is InChI=1S/C8H15F3N4O2/c1-5(2)15(3-6(12)14-17)7(16)13-4-8(9,10)11/h5,17H,3-4H2,1-2H3,(H2,12,14)(H,13,16). The first-order valence-electron chi connectivity index (χ1n) is 4.75. The topological polar surface area (TPSA) is 90.9 Å². The molecule has 9 heteroatoms. The molecule has 100 valence electrons. The summed E-state index contributed by atoms with van der Waals surface area (Å²) < 4.78 is 35.7. The fourth-order valence-corrected chi connectivity index (χ4v) is 0.972. The fraction of sp³-hybridized carbons (Fsp3) is 0.750. The van der Waals surface area contributed by atoms with Crippen LogP contribution in [0.3, 0.4) is 0 Å². The molecule has 0 bridgehead atoms. The van der Waals surface area contributed by atoms with Crippen molar-refractivity contribution in [2.45, 2.75) is 26.1 Å². The van der Waals surface area contributed by atoms with Gasteiger partial charge in [-0.25, -0.2) is 4.79 Å². The maximum Gasteiger partial charge on any atom is 0.405 e. The number of nitrogens with one attached hydrogen (secondary N) is 1. The van der Waals surface area contributed by atoms with Crippen molar-refractivity contribution in [1.29, 1.82) is 0 Å². The maximum atomic E-state index is 11.9. The van der Waals surface area contributed by atoms with Crippen LogP contribution in [0, 0.1) is 0 Å². The summed E-state index contributed by atoms with van der Waals surface area (Å²) in [5.41, 5.74) is 5.19. The molecule has 0 heterocycles. The van der Waals surface area contributed by atoms with Crippen molar-refractivity contribution < 1.29 is 23.2 Å². The molecule has 0 saturated heterocycles. The largest absolute Gasteiger partial charge is 0.409 e. The average Bonchev–Trinajstić information content (AvgIpc) is 2.20. The molecule has 0 radical (unpaired) electrons. The van der Waals surface area contributed by atoms with Crippen LogP contribution in [0.5, 0.6) is 0 Å². The Kier molecular flexibility index (Phi) is 5.56. The molecule has 0 rings (SSSR count). The number of carbonyl (C=O) groups excluding carboxylic acids is 1. The third-order valence-corrected chi connectivity index (χ3v) is 1.79. The molecule has 0 spiro atoms. The molecule has 4 N–H and O–H groups in total. The van der Waals surface area contributed by atoms with E-state index in [9.17, 15) is 18.0 Å². The van der Waals surface area contributed by atoms with E-state index in [-0.39, 0.29) is 18.4 Å². The number of hydrogen-bond donors (Lipinski definition) is 3. The monoisotopic (exact) mass is 256 g/mol. The van der Waals surface area contributed by atoms with E-state index in [2.05, 4.69) is 5.16 Å². The van der Waals surface area contributed by atoms with Crippen LogP contribution in [0.1, 0.15) is 13.8 Å². The van der Waals surface area contributed by atoms with E-state index in [1.165, 1.54) is 0 Å². The van der Waals surface area contributed by atoms with Crippen LogP contribution in [0.15, 0.2) is 5.16 Å². The Morgan fingerprint density at radius 1 is 1.53 bits per heavy atom. The van der Waals surface area contributed by atoms with Crippen molar-refractivity contribution in [2.24, 2.45) is 10.9 Å². The SMILES string of the molecule is CC(C)N(CC(N)=NO)C(=O)NCC(F)(F)F. The fourth-order valence-electron chi connectivity index (χ4n) is 0.972. The second-order valence-corrected chi connectivity index (χ2v) is 3.59. The Balaban J connectivity index is 4.46. The number of rotatable bonds is 4. The molecule has 0 aromatic rings. The highest BCUT2D eigenvalue weighted by atomic mass is 19.4. The van der Waals surface area contributed by atoms with Crippen molar-refractivity contribution in [3.63, 3.8) is 0 Å². The van der Waals surface area contributed by atoms with Crippen LogP contribution in [-0.2, 0) is 0 Å². The third-order valence-electron chi connectivity index (χ3n) is 1.79. The first-order valence-corrected chi connectivity index (χ1v) is 4.75. The molecule has 0 fully saturated rings. The molecule has 0 saturated carbocycles. The van der Waals surface area contributed by atoms with E-state index in [4.69, 9.17) is 10.9 Å². The second kappa shape index (κ2) is 6.16. The highest BCUT2D eigenvalue weighted by Crippen LogP contribution is 2.12. The Bertz CT molecular complexity index is 291. The van der Waals surface area contributed by atoms with Crippen LogP contribution in [0.25, 0.3) is 0 Å². The molecule has 0 aromatic heterocycles. The molecule has 0 aliphatic heterocycles. The van der Waals surface area contributed by atoms with Gasteiger partial charge in [0.15, 0.2) is 5.84 Å². The molecule has 0 aliphatic rings. The number of urea groups is 1. The Morgan fingerprint density at radius 2 is 2.06 bits per heavy atom. The molecule has 6 nitrogen and oxygen atoms in total. The van der Waals surface area contributed by atoms with Crippen LogP contribution >= 0.6 is 0 Å². The van der Waals surface area contributed by atoms with Crippen molar-refractivity contribution >= 4 is 11.9 Å². The minimum absolute atomic E-state index is 0.252. The van der Waals surface area contributed by atoms with Gasteiger partial charge in [0, 0.05) is 6.04 Å². The lowest BCUT2D eigenvalue weighted by Gasteiger charge is -2.26. The molecule has 0 aliphatic carbocycles. The zero-order valence-corrected chi connectivity index (χ0v) is 9.45. The molecule has 2 amide bonds. The molecular weight excluding hydrogens is 241 g/mol. The summed E-state index contributed by atoms with van der Waals surface area (Å²) in [6, 6.07) is -1.31. The Labute approximate surface area is 96.2 Å². The predicted molar refractivity (Wildman–Crippen MR) is 54.7 cm³/mol. The van der Waals surface area contributed by atoms with Crippen molar-refractivity contribution in [2.75, 3.05) is 13.1 Å². The third kappa shape index (κ3) is 6.48. The van der Waals surface area contributed by atoms with E-state index in [1.807, 2.05) is 0 Å². The Hall–Kier alpha value is -1.67. The van der Waals surface area contributed by atoms with Gasteiger partial charge in [0.2, 0.25) is 0 Å². The smallest absolute Gasteiger partial charge is 0.405 e. The summed E-state index contributed by atoms with van der Waals surface area (Å²) in [6.45, 7) is 1.51. The minimum Gasteiger partial charge on any atom is -0.409 e. The molecule has 17 heavy (non-hydrogen) atoms. The van der Waals surface area contributed by atoms with E-state index < -0.39 is 18.8 Å². The highest BCUT2D eigenvalue weighted by Gasteiger charge is 2.29. The van der Waals surface area contributed by atoms with Crippen molar-refractivity contribution in [3.8, 4) is 0 Å². The summed E-state index contributed by atoms with van der Waals surface area (Å²) in [6.07, 6.45) is -4.48. The van der Waals surface area contributed by atoms with E-state index >= 15 is 0 Å². The van der Waals surface area contributed by atoms with Crippen molar-refractivity contribution in [1.82, 2.24) is 10.2 Å². The summed E-state index contributed by atoms with van der Waals surface area (Å²) in [5.74, 6) is -0.263. The first kappa shape index (κ1) is 15.3. The van der Waals surface area contributed by atoms with Crippen LogP contribution in [-0.4, -0.2) is 47.3 Å². The summed E-state index contributed by atoms with van der Waals surface area (Å²) in [4.78, 5) is 12.4. The van der Waals surface area contributed by atoms with Gasteiger partial charge in [0.05, 0.1) is 6.54 Å². The first-order chi connectivity index (χ1) is 7.67. The summed E-state index contributed by atoms with van der Waals surface area (Å²) in [5, 5.41) is 12.7. The van der Waals surface area contributed by atoms with Gasteiger partial charge in [-0.05, 0) is 13.8 Å². The van der Waals surface area contributed by atoms with Crippen LogP contribution in [0.2, 0.25) is 0 Å². The van der Waals surface area contributed by atoms with Gasteiger partial charge in [0.25, 0.3) is 0 Å². The van der Waals surface area contributed by atoms with Gasteiger partial charge in [-0.15, -0.1) is 0 Å². The quantitative estimate of drug-likeness (QED) is 0.299. The normalized spacial score (nSPS) is 12.7. The average molecular weight is 256 g/mol. The number of amidine groups is 1. The van der Waals surface area contributed by atoms with Crippen LogP contribution in [0.4, 0.5) is 18.0 Å². The molecule has 0 unspecified atom stereocenters. The van der Waals surface area contributed by atoms with Gasteiger partial charge in [0.1, 0.15) is 6.54 Å². The predicted octanol–water partition coefficient (Wildman–Crippen LogP) is 0.715. The zero-order valence-electron chi connectivity index (χ0n) is 9.45. The Morgan fingerprint density at radius 3 is 2.41 bits per heavy atom. The minimum atomic E-state index is -4.48. The van der Waals surface area contributed by atoms with Gasteiger partial charge in [-0.1, -0.05) is 5.16 Å².